The van der Waals surface area contributed by atoms with Crippen LogP contribution in [0.5, 0.6) is 5.75 Å². The second-order valence-electron chi connectivity index (χ2n) is 5.14. The monoisotopic (exact) mass is 314 g/mol. The highest BCUT2D eigenvalue weighted by atomic mass is 32.1. The number of benzene rings is 2. The third-order valence-electron chi connectivity index (χ3n) is 3.58. The summed E-state index contributed by atoms with van der Waals surface area (Å²) in [5.74, 6) is 0.828. The number of anilines is 1. The first-order chi connectivity index (χ1) is 10.6. The zero-order chi connectivity index (χ0) is 15.9. The number of methoxy groups -OCH3 is 1. The van der Waals surface area contributed by atoms with E-state index in [-0.39, 0.29) is 6.04 Å². The molecule has 4 heteroatoms. The molecule has 0 aliphatic rings. The molecule has 0 saturated carbocycles. The fraction of sp³-hybridized carbons (Fsp3) is 0.278. The fourth-order valence-electron chi connectivity index (χ4n) is 2.16. The Morgan fingerprint density at radius 3 is 2.27 bits per heavy atom. The van der Waals surface area contributed by atoms with Crippen LogP contribution in [0.2, 0.25) is 0 Å². The van der Waals surface area contributed by atoms with E-state index in [0.29, 0.717) is 5.11 Å². The number of hydrogen-bond acceptors (Lipinski definition) is 2. The van der Waals surface area contributed by atoms with Gasteiger partial charge in [0, 0.05) is 5.69 Å². The van der Waals surface area contributed by atoms with E-state index in [4.69, 9.17) is 17.0 Å². The van der Waals surface area contributed by atoms with Crippen LogP contribution in [-0.4, -0.2) is 12.2 Å². The first-order valence-corrected chi connectivity index (χ1v) is 7.83. The molecule has 0 bridgehead atoms. The van der Waals surface area contributed by atoms with Crippen molar-refractivity contribution in [2.45, 2.75) is 26.3 Å². The lowest BCUT2D eigenvalue weighted by atomic mass is 10.1. The molecule has 22 heavy (non-hydrogen) atoms. The quantitative estimate of drug-likeness (QED) is 0.806. The van der Waals surface area contributed by atoms with Crippen LogP contribution in [0.3, 0.4) is 0 Å². The van der Waals surface area contributed by atoms with Gasteiger partial charge < -0.3 is 15.4 Å². The zero-order valence-electron chi connectivity index (χ0n) is 13.2. The van der Waals surface area contributed by atoms with Crippen LogP contribution in [0.25, 0.3) is 0 Å². The van der Waals surface area contributed by atoms with Crippen molar-refractivity contribution in [2.75, 3.05) is 12.4 Å². The molecular formula is C18H22N2OS. The number of aryl methyl sites for hydroxylation is 1. The Morgan fingerprint density at radius 1 is 1.09 bits per heavy atom. The summed E-state index contributed by atoms with van der Waals surface area (Å²) < 4.78 is 5.14. The average molecular weight is 314 g/mol. The molecule has 0 fully saturated rings. The molecule has 0 spiro atoms. The van der Waals surface area contributed by atoms with Gasteiger partial charge in [-0.3, -0.25) is 0 Å². The smallest absolute Gasteiger partial charge is 0.171 e. The molecule has 0 saturated heterocycles. The summed E-state index contributed by atoms with van der Waals surface area (Å²) in [5, 5.41) is 7.09. The fourth-order valence-corrected chi connectivity index (χ4v) is 2.46. The maximum Gasteiger partial charge on any atom is 0.171 e. The minimum absolute atomic E-state index is 0.157. The van der Waals surface area contributed by atoms with Gasteiger partial charge in [-0.1, -0.05) is 31.2 Å². The Balaban J connectivity index is 1.92. The largest absolute Gasteiger partial charge is 0.497 e. The Bertz CT molecular complexity index is 608. The number of hydrogen-bond donors (Lipinski definition) is 2. The number of thiocarbonyl (C=S) groups is 1. The van der Waals surface area contributed by atoms with Gasteiger partial charge in [-0.15, -0.1) is 0 Å². The van der Waals surface area contributed by atoms with Crippen molar-refractivity contribution in [1.29, 1.82) is 0 Å². The molecule has 1 unspecified atom stereocenters. The van der Waals surface area contributed by atoms with Crippen LogP contribution in [0.15, 0.2) is 48.5 Å². The molecule has 0 aliphatic heterocycles. The second-order valence-corrected chi connectivity index (χ2v) is 5.55. The average Bonchev–Trinajstić information content (AvgIpc) is 2.55. The Morgan fingerprint density at radius 2 is 1.73 bits per heavy atom. The summed E-state index contributed by atoms with van der Waals surface area (Å²) in [7, 11) is 1.65. The van der Waals surface area contributed by atoms with Crippen LogP contribution in [-0.2, 0) is 6.42 Å². The van der Waals surface area contributed by atoms with E-state index < -0.39 is 0 Å². The van der Waals surface area contributed by atoms with E-state index in [1.807, 2.05) is 24.3 Å². The molecule has 0 aromatic heterocycles. The first-order valence-electron chi connectivity index (χ1n) is 7.42. The Kier molecular flexibility index (Phi) is 5.78. The topological polar surface area (TPSA) is 33.3 Å². The second kappa shape index (κ2) is 7.80. The number of nitrogens with one attached hydrogen (secondary N) is 2. The van der Waals surface area contributed by atoms with Crippen molar-refractivity contribution in [1.82, 2.24) is 5.32 Å². The third-order valence-corrected chi connectivity index (χ3v) is 3.80. The molecule has 0 radical (unpaired) electrons. The third kappa shape index (κ3) is 4.46. The van der Waals surface area contributed by atoms with E-state index in [1.165, 1.54) is 11.1 Å². The summed E-state index contributed by atoms with van der Waals surface area (Å²) in [5.41, 5.74) is 3.50. The van der Waals surface area contributed by atoms with Crippen LogP contribution >= 0.6 is 12.2 Å². The van der Waals surface area contributed by atoms with E-state index in [1.54, 1.807) is 7.11 Å². The summed E-state index contributed by atoms with van der Waals surface area (Å²) in [6, 6.07) is 16.4. The highest BCUT2D eigenvalue weighted by Crippen LogP contribution is 2.16. The lowest BCUT2D eigenvalue weighted by molar-refractivity contribution is 0.415. The Hall–Kier alpha value is -2.07. The maximum atomic E-state index is 5.37. The van der Waals surface area contributed by atoms with Gasteiger partial charge in [0.25, 0.3) is 0 Å². The Labute approximate surface area is 137 Å². The van der Waals surface area contributed by atoms with Crippen molar-refractivity contribution < 1.29 is 4.74 Å². The molecule has 3 nitrogen and oxygen atoms in total. The van der Waals surface area contributed by atoms with Gasteiger partial charge in [-0.2, -0.15) is 0 Å². The molecule has 2 aromatic carbocycles. The van der Waals surface area contributed by atoms with Gasteiger partial charge in [0.15, 0.2) is 5.11 Å². The predicted molar refractivity (Wildman–Crippen MR) is 96.6 cm³/mol. The standard InChI is InChI=1S/C18H22N2OS/c1-4-14-5-7-15(8-6-14)13(2)19-18(22)20-16-9-11-17(21-3)12-10-16/h5-13H,4H2,1-3H3,(H2,19,20,22). The predicted octanol–water partition coefficient (Wildman–Crippen LogP) is 4.31. The lowest BCUT2D eigenvalue weighted by Crippen LogP contribution is -2.30. The highest BCUT2D eigenvalue weighted by Gasteiger charge is 2.07. The van der Waals surface area contributed by atoms with Gasteiger partial charge in [-0.25, -0.2) is 0 Å². The zero-order valence-corrected chi connectivity index (χ0v) is 14.0. The van der Waals surface area contributed by atoms with Crippen LogP contribution in [0.1, 0.15) is 31.0 Å². The summed E-state index contributed by atoms with van der Waals surface area (Å²) in [4.78, 5) is 0. The molecule has 2 rings (SSSR count). The minimum Gasteiger partial charge on any atom is -0.497 e. The van der Waals surface area contributed by atoms with Crippen molar-refractivity contribution >= 4 is 23.0 Å². The van der Waals surface area contributed by atoms with E-state index in [0.717, 1.165) is 17.9 Å². The molecule has 116 valence electrons. The molecule has 2 N–H and O–H groups in total. The molecule has 0 heterocycles. The van der Waals surface area contributed by atoms with Crippen molar-refractivity contribution in [3.63, 3.8) is 0 Å². The lowest BCUT2D eigenvalue weighted by Gasteiger charge is -2.18. The highest BCUT2D eigenvalue weighted by molar-refractivity contribution is 7.80. The summed E-state index contributed by atoms with van der Waals surface area (Å²) in [6.07, 6.45) is 1.06. The van der Waals surface area contributed by atoms with Crippen LogP contribution in [0, 0.1) is 0 Å². The minimum atomic E-state index is 0.157. The number of ether oxygens (including phenoxy) is 1. The van der Waals surface area contributed by atoms with E-state index in [9.17, 15) is 0 Å². The summed E-state index contributed by atoms with van der Waals surface area (Å²) in [6.45, 7) is 4.26. The van der Waals surface area contributed by atoms with Gasteiger partial charge >= 0.3 is 0 Å². The van der Waals surface area contributed by atoms with Gasteiger partial charge in [0.05, 0.1) is 13.2 Å². The normalized spacial score (nSPS) is 11.6. The molecule has 2 aromatic rings. The van der Waals surface area contributed by atoms with Gasteiger partial charge in [0.2, 0.25) is 0 Å². The molecule has 0 amide bonds. The van der Waals surface area contributed by atoms with Crippen LogP contribution < -0.4 is 15.4 Å². The summed E-state index contributed by atoms with van der Waals surface area (Å²) >= 11 is 5.37. The van der Waals surface area contributed by atoms with Gasteiger partial charge in [0.1, 0.15) is 5.75 Å². The van der Waals surface area contributed by atoms with Crippen LogP contribution in [0.4, 0.5) is 5.69 Å². The molecular weight excluding hydrogens is 292 g/mol. The maximum absolute atomic E-state index is 5.37. The van der Waals surface area contributed by atoms with E-state index in [2.05, 4.69) is 48.7 Å². The SMILES string of the molecule is CCc1ccc(C(C)NC(=S)Nc2ccc(OC)cc2)cc1. The van der Waals surface area contributed by atoms with Crippen molar-refractivity contribution in [3.8, 4) is 5.75 Å². The molecule has 0 aliphatic carbocycles. The van der Waals surface area contributed by atoms with Crippen molar-refractivity contribution in [2.24, 2.45) is 0 Å². The first kappa shape index (κ1) is 16.3. The number of rotatable bonds is 5. The van der Waals surface area contributed by atoms with Gasteiger partial charge in [-0.05, 0) is 61.0 Å². The van der Waals surface area contributed by atoms with E-state index >= 15 is 0 Å². The molecule has 1 atom stereocenters. The van der Waals surface area contributed by atoms with Crippen molar-refractivity contribution in [3.05, 3.63) is 59.7 Å².